The second-order valence-corrected chi connectivity index (χ2v) is 4.69. The van der Waals surface area contributed by atoms with Gasteiger partial charge in [0.05, 0.1) is 11.5 Å². The van der Waals surface area contributed by atoms with Crippen LogP contribution < -0.4 is 4.74 Å². The van der Waals surface area contributed by atoms with Gasteiger partial charge in [-0.1, -0.05) is 0 Å². The molecule has 1 aromatic heterocycles. The number of hydrogen-bond acceptors (Lipinski definition) is 6. The third kappa shape index (κ3) is 3.51. The Morgan fingerprint density at radius 2 is 2.16 bits per heavy atom. The predicted octanol–water partition coefficient (Wildman–Crippen LogP) is 2.15. The van der Waals surface area contributed by atoms with E-state index in [4.69, 9.17) is 21.1 Å². The quantitative estimate of drug-likeness (QED) is 0.479. The van der Waals surface area contributed by atoms with E-state index in [1.54, 1.807) is 0 Å². The smallest absolute Gasteiger partial charge is 0.352 e. The minimum absolute atomic E-state index is 0.0509. The van der Waals surface area contributed by atoms with E-state index in [2.05, 4.69) is 9.97 Å². The molecule has 0 atom stereocenters. The Morgan fingerprint density at radius 3 is 2.79 bits per heavy atom. The zero-order valence-electron chi connectivity index (χ0n) is 10.5. The average Bonchev–Trinajstić information content (AvgIpc) is 2.36. The van der Waals surface area contributed by atoms with Gasteiger partial charge in [0.1, 0.15) is 5.69 Å². The van der Waals surface area contributed by atoms with Gasteiger partial charge in [0.2, 0.25) is 5.28 Å². The Balaban J connectivity index is 2.12. The number of nitro groups is 1. The summed E-state index contributed by atoms with van der Waals surface area (Å²) in [6.07, 6.45) is 1.76. The molecule has 1 saturated heterocycles. The molecule has 0 amide bonds. The molecule has 1 aromatic rings. The first-order valence-corrected chi connectivity index (χ1v) is 6.35. The molecule has 0 saturated carbocycles. The summed E-state index contributed by atoms with van der Waals surface area (Å²) in [7, 11) is 0. The first-order valence-electron chi connectivity index (χ1n) is 5.97. The third-order valence-corrected chi connectivity index (χ3v) is 3.15. The van der Waals surface area contributed by atoms with E-state index in [9.17, 15) is 10.1 Å². The van der Waals surface area contributed by atoms with Crippen LogP contribution in [0.25, 0.3) is 0 Å². The molecule has 0 aromatic carbocycles. The van der Waals surface area contributed by atoms with E-state index >= 15 is 0 Å². The fourth-order valence-corrected chi connectivity index (χ4v) is 2.13. The highest BCUT2D eigenvalue weighted by Gasteiger charge is 2.24. The average molecular weight is 288 g/mol. The van der Waals surface area contributed by atoms with Crippen LogP contribution in [0.5, 0.6) is 5.88 Å². The largest absolute Gasteiger partial charge is 0.472 e. The van der Waals surface area contributed by atoms with Crippen LogP contribution in [0.3, 0.4) is 0 Å². The molecule has 1 fully saturated rings. The van der Waals surface area contributed by atoms with Gasteiger partial charge in [-0.25, -0.2) is 4.98 Å². The van der Waals surface area contributed by atoms with Crippen molar-refractivity contribution in [1.82, 2.24) is 9.97 Å². The van der Waals surface area contributed by atoms with Crippen molar-refractivity contribution in [3.8, 4) is 5.88 Å². The van der Waals surface area contributed by atoms with Crippen LogP contribution in [0.4, 0.5) is 5.69 Å². The monoisotopic (exact) mass is 287 g/mol. The highest BCUT2D eigenvalue weighted by atomic mass is 35.5. The van der Waals surface area contributed by atoms with Gasteiger partial charge in [-0.05, 0) is 37.3 Å². The minimum atomic E-state index is -0.551. The number of rotatable bonds is 4. The lowest BCUT2D eigenvalue weighted by Crippen LogP contribution is -2.22. The number of halogens is 1. The molecular weight excluding hydrogens is 274 g/mol. The third-order valence-electron chi connectivity index (χ3n) is 2.98. The van der Waals surface area contributed by atoms with Crippen LogP contribution in [-0.2, 0) is 4.74 Å². The molecule has 0 N–H and O–H groups in total. The summed E-state index contributed by atoms with van der Waals surface area (Å²) in [5, 5.41) is 10.9. The molecule has 8 heteroatoms. The summed E-state index contributed by atoms with van der Waals surface area (Å²) in [5.41, 5.74) is -0.0246. The van der Waals surface area contributed by atoms with Crippen LogP contribution in [0.2, 0.25) is 5.28 Å². The predicted molar refractivity (Wildman–Crippen MR) is 67.5 cm³/mol. The molecule has 0 aliphatic carbocycles. The molecule has 0 radical (unpaired) electrons. The molecule has 7 nitrogen and oxygen atoms in total. The highest BCUT2D eigenvalue weighted by molar-refractivity contribution is 6.28. The Bertz CT molecular complexity index is 477. The molecule has 0 unspecified atom stereocenters. The molecule has 104 valence electrons. The molecule has 19 heavy (non-hydrogen) atoms. The van der Waals surface area contributed by atoms with E-state index < -0.39 is 4.92 Å². The van der Waals surface area contributed by atoms with Crippen molar-refractivity contribution in [2.45, 2.75) is 19.8 Å². The summed E-state index contributed by atoms with van der Waals surface area (Å²) >= 11 is 5.70. The molecule has 1 aliphatic heterocycles. The van der Waals surface area contributed by atoms with Gasteiger partial charge in [0, 0.05) is 13.2 Å². The minimum Gasteiger partial charge on any atom is -0.472 e. The Morgan fingerprint density at radius 1 is 1.47 bits per heavy atom. The number of ether oxygens (including phenoxy) is 2. The van der Waals surface area contributed by atoms with Crippen molar-refractivity contribution in [1.29, 1.82) is 0 Å². The Hall–Kier alpha value is -1.47. The molecule has 2 heterocycles. The Kier molecular flexibility index (Phi) is 4.49. The molecule has 0 spiro atoms. The van der Waals surface area contributed by atoms with Crippen LogP contribution in [-0.4, -0.2) is 34.7 Å². The fourth-order valence-electron chi connectivity index (χ4n) is 1.93. The number of nitrogens with zero attached hydrogens (tertiary/aromatic N) is 3. The zero-order valence-corrected chi connectivity index (χ0v) is 11.2. The summed E-state index contributed by atoms with van der Waals surface area (Å²) in [6.45, 7) is 3.27. The number of hydrogen-bond donors (Lipinski definition) is 0. The standard InChI is InChI=1S/C11H14ClN3O4/c1-7-9(15(16)17)10(14-11(12)13-7)19-6-8-2-4-18-5-3-8/h8H,2-6H2,1H3. The first-order chi connectivity index (χ1) is 9.08. The zero-order chi connectivity index (χ0) is 13.8. The van der Waals surface area contributed by atoms with Crippen LogP contribution in [0.1, 0.15) is 18.5 Å². The highest BCUT2D eigenvalue weighted by Crippen LogP contribution is 2.29. The van der Waals surface area contributed by atoms with Crippen molar-refractivity contribution in [3.05, 3.63) is 21.1 Å². The topological polar surface area (TPSA) is 87.4 Å². The van der Waals surface area contributed by atoms with Gasteiger partial charge in [0.15, 0.2) is 0 Å². The van der Waals surface area contributed by atoms with E-state index in [-0.39, 0.29) is 22.5 Å². The van der Waals surface area contributed by atoms with E-state index in [1.807, 2.05) is 0 Å². The van der Waals surface area contributed by atoms with E-state index in [0.29, 0.717) is 25.7 Å². The van der Waals surface area contributed by atoms with Crippen LogP contribution >= 0.6 is 11.6 Å². The molecule has 0 bridgehead atoms. The maximum Gasteiger partial charge on any atom is 0.352 e. The summed E-state index contributed by atoms with van der Waals surface area (Å²) in [6, 6.07) is 0. The molecular formula is C11H14ClN3O4. The van der Waals surface area contributed by atoms with Crippen LogP contribution in [0.15, 0.2) is 0 Å². The van der Waals surface area contributed by atoms with Gasteiger partial charge in [-0.3, -0.25) is 10.1 Å². The van der Waals surface area contributed by atoms with E-state index in [1.165, 1.54) is 6.92 Å². The van der Waals surface area contributed by atoms with Crippen molar-refractivity contribution in [2.24, 2.45) is 5.92 Å². The lowest BCUT2D eigenvalue weighted by Gasteiger charge is -2.21. The van der Waals surface area contributed by atoms with Crippen molar-refractivity contribution in [2.75, 3.05) is 19.8 Å². The first kappa shape index (κ1) is 14.0. The fraction of sp³-hybridized carbons (Fsp3) is 0.636. The second kappa shape index (κ2) is 6.12. The van der Waals surface area contributed by atoms with Crippen molar-refractivity contribution in [3.63, 3.8) is 0 Å². The van der Waals surface area contributed by atoms with Gasteiger partial charge in [0.25, 0.3) is 5.88 Å². The number of aryl methyl sites for hydroxylation is 1. The van der Waals surface area contributed by atoms with Crippen molar-refractivity contribution >= 4 is 17.3 Å². The Labute approximate surface area is 115 Å². The summed E-state index contributed by atoms with van der Waals surface area (Å²) in [4.78, 5) is 18.0. The lowest BCUT2D eigenvalue weighted by molar-refractivity contribution is -0.387. The lowest BCUT2D eigenvalue weighted by atomic mass is 10.0. The number of aromatic nitrogens is 2. The maximum atomic E-state index is 11.0. The van der Waals surface area contributed by atoms with Crippen LogP contribution in [0, 0.1) is 23.0 Å². The second-order valence-electron chi connectivity index (χ2n) is 4.36. The van der Waals surface area contributed by atoms with Gasteiger partial charge in [-0.15, -0.1) is 0 Å². The van der Waals surface area contributed by atoms with Gasteiger partial charge < -0.3 is 9.47 Å². The molecule has 1 aliphatic rings. The summed E-state index contributed by atoms with van der Waals surface area (Å²) in [5.74, 6) is 0.261. The van der Waals surface area contributed by atoms with Crippen molar-refractivity contribution < 1.29 is 14.4 Å². The normalized spacial score (nSPS) is 16.3. The van der Waals surface area contributed by atoms with Gasteiger partial charge >= 0.3 is 5.69 Å². The maximum absolute atomic E-state index is 11.0. The summed E-state index contributed by atoms with van der Waals surface area (Å²) < 4.78 is 10.7. The van der Waals surface area contributed by atoms with Gasteiger partial charge in [-0.2, -0.15) is 4.98 Å². The van der Waals surface area contributed by atoms with E-state index in [0.717, 1.165) is 12.8 Å². The SMILES string of the molecule is Cc1nc(Cl)nc(OCC2CCOCC2)c1[N+](=O)[O-]. The molecule has 2 rings (SSSR count).